The Morgan fingerprint density at radius 3 is 2.82 bits per heavy atom. The third-order valence-corrected chi connectivity index (χ3v) is 5.27. The second kappa shape index (κ2) is 7.64. The topological polar surface area (TPSA) is 66.7 Å². The van der Waals surface area contributed by atoms with Crippen LogP contribution < -0.4 is 10.5 Å². The van der Waals surface area contributed by atoms with E-state index < -0.39 is 5.63 Å². The van der Waals surface area contributed by atoms with E-state index in [9.17, 15) is 9.59 Å². The third kappa shape index (κ3) is 3.60. The van der Waals surface area contributed by atoms with Crippen molar-refractivity contribution in [3.05, 3.63) is 69.3 Å². The van der Waals surface area contributed by atoms with E-state index in [1.807, 2.05) is 19.2 Å². The van der Waals surface area contributed by atoms with Crippen LogP contribution in [-0.4, -0.2) is 42.0 Å². The van der Waals surface area contributed by atoms with Gasteiger partial charge in [-0.05, 0) is 49.2 Å². The maximum atomic E-state index is 13.0. The minimum atomic E-state index is -0.620. The predicted molar refractivity (Wildman–Crippen MR) is 109 cm³/mol. The summed E-state index contributed by atoms with van der Waals surface area (Å²) in [5, 5.41) is 1.16. The number of halogens is 1. The van der Waals surface area contributed by atoms with Gasteiger partial charge in [-0.3, -0.25) is 9.78 Å². The molecular weight excluding hydrogens is 378 g/mol. The van der Waals surface area contributed by atoms with Crippen molar-refractivity contribution in [3.63, 3.8) is 0 Å². The molecule has 7 heteroatoms. The molecule has 1 aromatic carbocycles. The van der Waals surface area contributed by atoms with Gasteiger partial charge in [0, 0.05) is 54.7 Å². The van der Waals surface area contributed by atoms with Crippen molar-refractivity contribution in [1.29, 1.82) is 0 Å². The predicted octanol–water partition coefficient (Wildman–Crippen LogP) is 3.50. The fraction of sp³-hybridized carbons (Fsp3) is 0.286. The molecule has 1 amide bonds. The summed E-state index contributed by atoms with van der Waals surface area (Å²) in [5.74, 6) is -0.302. The van der Waals surface area contributed by atoms with Crippen LogP contribution in [0.4, 0.5) is 5.69 Å². The number of nitrogens with zero attached hydrogens (tertiary/aromatic N) is 3. The highest BCUT2D eigenvalue weighted by molar-refractivity contribution is 6.31. The zero-order valence-electron chi connectivity index (χ0n) is 15.5. The van der Waals surface area contributed by atoms with Gasteiger partial charge in [-0.1, -0.05) is 11.6 Å². The Labute approximate surface area is 167 Å². The molecule has 0 atom stereocenters. The van der Waals surface area contributed by atoms with Crippen LogP contribution in [0.25, 0.3) is 11.0 Å². The number of carbonyl (C=O) groups excluding carboxylic acids is 1. The van der Waals surface area contributed by atoms with Crippen molar-refractivity contribution >= 4 is 34.2 Å². The molecule has 1 aliphatic heterocycles. The van der Waals surface area contributed by atoms with Gasteiger partial charge in [-0.25, -0.2) is 4.79 Å². The second-order valence-corrected chi connectivity index (χ2v) is 7.36. The SMILES string of the molecule is Cc1cnccc1N1CCCN(C(=O)c2cc3cc(Cl)ccc3oc2=O)CC1. The van der Waals surface area contributed by atoms with Crippen LogP contribution in [0.2, 0.25) is 5.02 Å². The molecular formula is C21H20ClN3O3. The standard InChI is InChI=1S/C21H20ClN3O3/c1-14-13-23-6-5-18(14)24-7-2-8-25(10-9-24)20(26)17-12-15-11-16(22)3-4-19(15)28-21(17)27/h3-6,11-13H,2,7-10H2,1H3. The summed E-state index contributed by atoms with van der Waals surface area (Å²) in [4.78, 5) is 33.5. The van der Waals surface area contributed by atoms with Crippen LogP contribution in [0, 0.1) is 6.92 Å². The number of amides is 1. The van der Waals surface area contributed by atoms with Crippen molar-refractivity contribution in [1.82, 2.24) is 9.88 Å². The number of fused-ring (bicyclic) bond motifs is 1. The van der Waals surface area contributed by atoms with E-state index in [-0.39, 0.29) is 11.5 Å². The van der Waals surface area contributed by atoms with E-state index in [4.69, 9.17) is 16.0 Å². The van der Waals surface area contributed by atoms with E-state index in [1.54, 1.807) is 35.4 Å². The highest BCUT2D eigenvalue weighted by Gasteiger charge is 2.24. The van der Waals surface area contributed by atoms with Crippen LogP contribution in [0.5, 0.6) is 0 Å². The highest BCUT2D eigenvalue weighted by atomic mass is 35.5. The molecule has 2 aromatic heterocycles. The average Bonchev–Trinajstić information content (AvgIpc) is 2.94. The fourth-order valence-corrected chi connectivity index (χ4v) is 3.78. The molecule has 1 fully saturated rings. The van der Waals surface area contributed by atoms with Gasteiger partial charge in [0.15, 0.2) is 0 Å². The van der Waals surface area contributed by atoms with Crippen LogP contribution in [0.1, 0.15) is 22.3 Å². The quantitative estimate of drug-likeness (QED) is 0.619. The van der Waals surface area contributed by atoms with Crippen LogP contribution in [0.15, 0.2) is 51.9 Å². The van der Waals surface area contributed by atoms with E-state index in [0.29, 0.717) is 35.6 Å². The van der Waals surface area contributed by atoms with Gasteiger partial charge < -0.3 is 14.2 Å². The van der Waals surface area contributed by atoms with E-state index in [1.165, 1.54) is 0 Å². The molecule has 28 heavy (non-hydrogen) atoms. The smallest absolute Gasteiger partial charge is 0.349 e. The molecule has 3 heterocycles. The minimum Gasteiger partial charge on any atom is -0.422 e. The van der Waals surface area contributed by atoms with Crippen LogP contribution in [-0.2, 0) is 0 Å². The van der Waals surface area contributed by atoms with Crippen molar-refractivity contribution in [2.45, 2.75) is 13.3 Å². The normalized spacial score (nSPS) is 14.9. The molecule has 0 radical (unpaired) electrons. The van der Waals surface area contributed by atoms with Crippen molar-refractivity contribution < 1.29 is 9.21 Å². The van der Waals surface area contributed by atoms with Gasteiger partial charge in [-0.2, -0.15) is 0 Å². The summed E-state index contributed by atoms with van der Waals surface area (Å²) < 4.78 is 5.32. The first-order chi connectivity index (χ1) is 13.5. The molecule has 0 saturated carbocycles. The first-order valence-electron chi connectivity index (χ1n) is 9.21. The first kappa shape index (κ1) is 18.5. The Kier molecular flexibility index (Phi) is 5.05. The number of carbonyl (C=O) groups is 1. The van der Waals surface area contributed by atoms with Gasteiger partial charge in [0.05, 0.1) is 0 Å². The molecule has 0 unspecified atom stereocenters. The summed E-state index contributed by atoms with van der Waals surface area (Å²) in [7, 11) is 0. The summed E-state index contributed by atoms with van der Waals surface area (Å²) in [5.41, 5.74) is 2.08. The second-order valence-electron chi connectivity index (χ2n) is 6.92. The Morgan fingerprint density at radius 2 is 2.00 bits per heavy atom. The largest absolute Gasteiger partial charge is 0.422 e. The summed E-state index contributed by atoms with van der Waals surface area (Å²) >= 11 is 6.02. The summed E-state index contributed by atoms with van der Waals surface area (Å²) in [6.45, 7) is 4.69. The van der Waals surface area contributed by atoms with Crippen LogP contribution in [0.3, 0.4) is 0 Å². The average molecular weight is 398 g/mol. The number of benzene rings is 1. The monoisotopic (exact) mass is 397 g/mol. The summed E-state index contributed by atoms with van der Waals surface area (Å²) in [6, 6.07) is 8.54. The van der Waals surface area contributed by atoms with Gasteiger partial charge in [0.1, 0.15) is 11.1 Å². The van der Waals surface area contributed by atoms with Gasteiger partial charge in [0.25, 0.3) is 5.91 Å². The molecule has 1 saturated heterocycles. The number of pyridine rings is 1. The molecule has 3 aromatic rings. The molecule has 144 valence electrons. The van der Waals surface area contributed by atoms with Crippen molar-refractivity contribution in [2.75, 3.05) is 31.1 Å². The van der Waals surface area contributed by atoms with Crippen LogP contribution >= 0.6 is 11.6 Å². The Balaban J connectivity index is 1.57. The highest BCUT2D eigenvalue weighted by Crippen LogP contribution is 2.22. The van der Waals surface area contributed by atoms with Crippen molar-refractivity contribution in [2.24, 2.45) is 0 Å². The lowest BCUT2D eigenvalue weighted by Crippen LogP contribution is -2.37. The zero-order chi connectivity index (χ0) is 19.7. The van der Waals surface area contributed by atoms with E-state index >= 15 is 0 Å². The van der Waals surface area contributed by atoms with Gasteiger partial charge in [-0.15, -0.1) is 0 Å². The maximum absolute atomic E-state index is 13.0. The Bertz CT molecular complexity index is 1100. The lowest BCUT2D eigenvalue weighted by molar-refractivity contribution is 0.0763. The molecule has 6 nitrogen and oxygen atoms in total. The molecule has 4 rings (SSSR count). The Morgan fingerprint density at radius 1 is 1.14 bits per heavy atom. The molecule has 0 spiro atoms. The number of hydrogen-bond acceptors (Lipinski definition) is 5. The maximum Gasteiger partial charge on any atom is 0.349 e. The molecule has 0 N–H and O–H groups in total. The third-order valence-electron chi connectivity index (χ3n) is 5.04. The zero-order valence-corrected chi connectivity index (χ0v) is 16.3. The number of aromatic nitrogens is 1. The molecule has 0 bridgehead atoms. The molecule has 1 aliphatic rings. The van der Waals surface area contributed by atoms with E-state index in [0.717, 1.165) is 24.2 Å². The van der Waals surface area contributed by atoms with Gasteiger partial charge in [0.2, 0.25) is 0 Å². The summed E-state index contributed by atoms with van der Waals surface area (Å²) in [6.07, 6.45) is 4.44. The number of aryl methyl sites for hydroxylation is 1. The lowest BCUT2D eigenvalue weighted by atomic mass is 10.1. The van der Waals surface area contributed by atoms with E-state index in [2.05, 4.69) is 9.88 Å². The number of hydrogen-bond donors (Lipinski definition) is 0. The lowest BCUT2D eigenvalue weighted by Gasteiger charge is -2.24. The fourth-order valence-electron chi connectivity index (χ4n) is 3.60. The first-order valence-corrected chi connectivity index (χ1v) is 9.59. The Hall–Kier alpha value is -2.86. The number of anilines is 1. The van der Waals surface area contributed by atoms with Gasteiger partial charge >= 0.3 is 5.63 Å². The van der Waals surface area contributed by atoms with Crippen molar-refractivity contribution in [3.8, 4) is 0 Å². The molecule has 0 aliphatic carbocycles. The number of rotatable bonds is 2. The minimum absolute atomic E-state index is 0.0447.